The van der Waals surface area contributed by atoms with Crippen molar-refractivity contribution in [1.82, 2.24) is 24.5 Å². The molecular formula is C19H18N6O. The maximum Gasteiger partial charge on any atom is 0.207 e. The maximum absolute atomic E-state index is 12.9. The van der Waals surface area contributed by atoms with Crippen LogP contribution in [0.5, 0.6) is 0 Å². The molecule has 1 aliphatic heterocycles. The molecule has 4 rings (SSSR count). The van der Waals surface area contributed by atoms with Gasteiger partial charge in [0.2, 0.25) is 5.78 Å². The van der Waals surface area contributed by atoms with E-state index in [9.17, 15) is 10.1 Å². The lowest BCUT2D eigenvalue weighted by Crippen LogP contribution is -2.18. The Morgan fingerprint density at radius 2 is 1.96 bits per heavy atom. The highest BCUT2D eigenvalue weighted by atomic mass is 16.1. The number of nitriles is 1. The van der Waals surface area contributed by atoms with E-state index in [0.717, 1.165) is 43.7 Å². The van der Waals surface area contributed by atoms with Crippen LogP contribution in [0.2, 0.25) is 0 Å². The van der Waals surface area contributed by atoms with Gasteiger partial charge in [0.15, 0.2) is 11.7 Å². The lowest BCUT2D eigenvalue weighted by atomic mass is 10.0. The van der Waals surface area contributed by atoms with Gasteiger partial charge in [0.25, 0.3) is 0 Å². The average Bonchev–Trinajstić information content (AvgIpc) is 3.25. The molecule has 0 radical (unpaired) electrons. The first-order valence-electron chi connectivity index (χ1n) is 8.75. The van der Waals surface area contributed by atoms with Gasteiger partial charge < -0.3 is 4.57 Å². The molecule has 3 heterocycles. The molecule has 1 atom stereocenters. The molecule has 7 nitrogen and oxygen atoms in total. The number of hydrogen-bond donors (Lipinski definition) is 0. The van der Waals surface area contributed by atoms with Gasteiger partial charge in [-0.1, -0.05) is 24.6 Å². The van der Waals surface area contributed by atoms with Crippen LogP contribution in [0.3, 0.4) is 0 Å². The Morgan fingerprint density at radius 1 is 1.12 bits per heavy atom. The van der Waals surface area contributed by atoms with Crippen molar-refractivity contribution in [3.05, 3.63) is 59.9 Å². The first-order valence-corrected chi connectivity index (χ1v) is 8.75. The Bertz CT molecular complexity index is 966. The Hall–Kier alpha value is -3.27. The quantitative estimate of drug-likeness (QED) is 0.678. The third kappa shape index (κ3) is 2.90. The zero-order valence-electron chi connectivity index (χ0n) is 14.2. The number of rotatable bonds is 4. The minimum absolute atomic E-state index is 0.256. The number of Topliss-reactive ketones (excluding diaryl/α,β-unsaturated/α-hetero) is 1. The van der Waals surface area contributed by atoms with Crippen molar-refractivity contribution in [2.45, 2.75) is 38.1 Å². The lowest BCUT2D eigenvalue weighted by molar-refractivity contribution is 0.0969. The van der Waals surface area contributed by atoms with Crippen LogP contribution in [0.4, 0.5) is 0 Å². The smallest absolute Gasteiger partial charge is 0.207 e. The van der Waals surface area contributed by atoms with Gasteiger partial charge in [-0.05, 0) is 31.0 Å². The van der Waals surface area contributed by atoms with E-state index < -0.39 is 5.92 Å². The average molecular weight is 346 g/mol. The van der Waals surface area contributed by atoms with Crippen molar-refractivity contribution >= 4 is 5.78 Å². The molecule has 0 aliphatic carbocycles. The lowest BCUT2D eigenvalue weighted by Gasteiger charge is -2.10. The molecule has 0 spiro atoms. The van der Waals surface area contributed by atoms with Crippen LogP contribution in [-0.2, 0) is 13.0 Å². The van der Waals surface area contributed by atoms with Crippen molar-refractivity contribution in [2.75, 3.05) is 0 Å². The summed E-state index contributed by atoms with van der Waals surface area (Å²) in [6.45, 7) is 0.752. The number of nitrogens with zero attached hydrogens (tertiary/aromatic N) is 6. The predicted molar refractivity (Wildman–Crippen MR) is 93.8 cm³/mol. The van der Waals surface area contributed by atoms with Crippen molar-refractivity contribution in [3.63, 3.8) is 0 Å². The number of fused-ring (bicyclic) bond motifs is 1. The number of para-hydroxylation sites is 1. The second-order valence-electron chi connectivity index (χ2n) is 6.34. The Labute approximate surface area is 150 Å². The Morgan fingerprint density at radius 3 is 2.77 bits per heavy atom. The van der Waals surface area contributed by atoms with E-state index in [0.29, 0.717) is 5.82 Å². The van der Waals surface area contributed by atoms with Gasteiger partial charge in [-0.2, -0.15) is 10.4 Å². The summed E-state index contributed by atoms with van der Waals surface area (Å²) in [6, 6.07) is 13.3. The van der Waals surface area contributed by atoms with Crippen molar-refractivity contribution < 1.29 is 4.79 Å². The van der Waals surface area contributed by atoms with Gasteiger partial charge in [0.1, 0.15) is 11.5 Å². The van der Waals surface area contributed by atoms with E-state index in [1.807, 2.05) is 34.9 Å². The third-order valence-corrected chi connectivity index (χ3v) is 4.65. The summed E-state index contributed by atoms with van der Waals surface area (Å²) in [5.41, 5.74) is 1.11. The summed E-state index contributed by atoms with van der Waals surface area (Å²) in [4.78, 5) is 12.9. The second-order valence-corrected chi connectivity index (χ2v) is 6.34. The van der Waals surface area contributed by atoms with Gasteiger partial charge in [0, 0.05) is 19.2 Å². The number of benzene rings is 1. The van der Waals surface area contributed by atoms with Crippen LogP contribution >= 0.6 is 0 Å². The molecule has 0 fully saturated rings. The molecular weight excluding hydrogens is 328 g/mol. The SMILES string of the molecule is N#CC(C(=O)c1ccn(-c2ccccc2)n1)c1nnc2n1CCCCC2. The fourth-order valence-corrected chi connectivity index (χ4v) is 3.28. The number of aryl methyl sites for hydroxylation is 1. The summed E-state index contributed by atoms with van der Waals surface area (Å²) in [7, 11) is 0. The molecule has 1 unspecified atom stereocenters. The number of aromatic nitrogens is 5. The summed E-state index contributed by atoms with van der Waals surface area (Å²) in [5, 5.41) is 22.3. The molecule has 0 amide bonds. The molecule has 0 saturated heterocycles. The van der Waals surface area contributed by atoms with Gasteiger partial charge in [-0.15, -0.1) is 10.2 Å². The van der Waals surface area contributed by atoms with E-state index in [2.05, 4.69) is 21.4 Å². The fraction of sp³-hybridized carbons (Fsp3) is 0.316. The van der Waals surface area contributed by atoms with E-state index >= 15 is 0 Å². The normalized spacial score (nSPS) is 14.9. The minimum atomic E-state index is -0.992. The minimum Gasteiger partial charge on any atom is -0.313 e. The molecule has 130 valence electrons. The van der Waals surface area contributed by atoms with Gasteiger partial charge in [-0.3, -0.25) is 4.79 Å². The second kappa shape index (κ2) is 6.92. The molecule has 26 heavy (non-hydrogen) atoms. The van der Waals surface area contributed by atoms with Crippen LogP contribution in [0.15, 0.2) is 42.6 Å². The van der Waals surface area contributed by atoms with E-state index in [1.54, 1.807) is 16.9 Å². The Balaban J connectivity index is 1.64. The number of carbonyl (C=O) groups is 1. The molecule has 0 N–H and O–H groups in total. The van der Waals surface area contributed by atoms with Crippen LogP contribution in [-0.4, -0.2) is 30.3 Å². The predicted octanol–water partition coefficient (Wildman–Crippen LogP) is 2.68. The molecule has 2 aromatic heterocycles. The van der Waals surface area contributed by atoms with Crippen LogP contribution < -0.4 is 0 Å². The fourth-order valence-electron chi connectivity index (χ4n) is 3.28. The molecule has 7 heteroatoms. The Kier molecular flexibility index (Phi) is 4.32. The number of ketones is 1. The van der Waals surface area contributed by atoms with E-state index in [1.165, 1.54) is 0 Å². The molecule has 3 aromatic rings. The highest BCUT2D eigenvalue weighted by Gasteiger charge is 2.30. The summed E-state index contributed by atoms with van der Waals surface area (Å²) >= 11 is 0. The highest BCUT2D eigenvalue weighted by Crippen LogP contribution is 2.23. The largest absolute Gasteiger partial charge is 0.313 e. The monoisotopic (exact) mass is 346 g/mol. The van der Waals surface area contributed by atoms with E-state index in [4.69, 9.17) is 0 Å². The summed E-state index contributed by atoms with van der Waals surface area (Å²) in [6.07, 6.45) is 5.75. The third-order valence-electron chi connectivity index (χ3n) is 4.65. The standard InChI is InChI=1S/C19H18N6O/c20-13-15(19-22-21-17-9-5-2-6-11-24(17)19)18(26)16-10-12-25(23-16)14-7-3-1-4-8-14/h1,3-4,7-8,10,12,15H,2,5-6,9,11H2. The van der Waals surface area contributed by atoms with Crippen LogP contribution in [0, 0.1) is 11.3 Å². The summed E-state index contributed by atoms with van der Waals surface area (Å²) < 4.78 is 3.57. The molecule has 1 aromatic carbocycles. The zero-order chi connectivity index (χ0) is 17.9. The van der Waals surface area contributed by atoms with Gasteiger partial charge in [-0.25, -0.2) is 4.68 Å². The van der Waals surface area contributed by atoms with Crippen molar-refractivity contribution in [2.24, 2.45) is 0 Å². The number of carbonyl (C=O) groups excluding carboxylic acids is 1. The first kappa shape index (κ1) is 16.2. The number of hydrogen-bond acceptors (Lipinski definition) is 5. The van der Waals surface area contributed by atoms with Crippen LogP contribution in [0.1, 0.15) is 47.3 Å². The van der Waals surface area contributed by atoms with Crippen molar-refractivity contribution in [3.8, 4) is 11.8 Å². The highest BCUT2D eigenvalue weighted by molar-refractivity contribution is 6.00. The topological polar surface area (TPSA) is 89.4 Å². The zero-order valence-corrected chi connectivity index (χ0v) is 14.2. The summed E-state index contributed by atoms with van der Waals surface area (Å²) in [5.74, 6) is -0.0425. The van der Waals surface area contributed by atoms with E-state index in [-0.39, 0.29) is 11.5 Å². The van der Waals surface area contributed by atoms with Gasteiger partial charge in [0.05, 0.1) is 11.8 Å². The van der Waals surface area contributed by atoms with Crippen LogP contribution in [0.25, 0.3) is 5.69 Å². The van der Waals surface area contributed by atoms with Gasteiger partial charge >= 0.3 is 0 Å². The molecule has 0 bridgehead atoms. The molecule has 0 saturated carbocycles. The molecule has 1 aliphatic rings. The maximum atomic E-state index is 12.9. The van der Waals surface area contributed by atoms with Crippen molar-refractivity contribution in [1.29, 1.82) is 5.26 Å². The first-order chi connectivity index (χ1) is 12.8.